The molecule has 1 aromatic rings. The molecule has 24 heavy (non-hydrogen) atoms. The van der Waals surface area contributed by atoms with Crippen LogP contribution in [0.3, 0.4) is 0 Å². The van der Waals surface area contributed by atoms with E-state index in [9.17, 15) is 13.2 Å². The predicted octanol–water partition coefficient (Wildman–Crippen LogP) is 2.54. The third-order valence-corrected chi connectivity index (χ3v) is 4.96. The van der Waals surface area contributed by atoms with Crippen molar-refractivity contribution >= 4 is 21.6 Å². The summed E-state index contributed by atoms with van der Waals surface area (Å²) in [5.41, 5.74) is 0.541. The molecular weight excluding hydrogens is 328 g/mol. The second kappa shape index (κ2) is 8.92. The van der Waals surface area contributed by atoms with Gasteiger partial charge in [-0.05, 0) is 44.0 Å². The SMILES string of the molecule is CCC[C@@H](C)NC(=O)[C@@H](CC)Oc1ccc(N(C)S(C)(=O)=O)cc1. The highest BCUT2D eigenvalue weighted by Crippen LogP contribution is 2.21. The number of rotatable bonds is 9. The Morgan fingerprint density at radius 3 is 2.29 bits per heavy atom. The minimum atomic E-state index is -3.30. The molecule has 0 aliphatic rings. The lowest BCUT2D eigenvalue weighted by Gasteiger charge is -2.21. The molecule has 0 saturated heterocycles. The Labute approximate surface area is 145 Å². The molecule has 2 atom stereocenters. The van der Waals surface area contributed by atoms with Crippen molar-refractivity contribution in [3.8, 4) is 5.75 Å². The molecule has 0 aliphatic heterocycles. The number of ether oxygens (including phenoxy) is 1. The van der Waals surface area contributed by atoms with E-state index in [-0.39, 0.29) is 11.9 Å². The average molecular weight is 356 g/mol. The molecule has 0 bridgehead atoms. The van der Waals surface area contributed by atoms with E-state index in [1.54, 1.807) is 24.3 Å². The summed E-state index contributed by atoms with van der Waals surface area (Å²) in [4.78, 5) is 12.2. The number of amides is 1. The van der Waals surface area contributed by atoms with Crippen LogP contribution in [0.2, 0.25) is 0 Å². The van der Waals surface area contributed by atoms with Crippen LogP contribution >= 0.6 is 0 Å². The second-order valence-electron chi connectivity index (χ2n) is 5.94. The van der Waals surface area contributed by atoms with Gasteiger partial charge in [-0.3, -0.25) is 9.10 Å². The van der Waals surface area contributed by atoms with Crippen molar-refractivity contribution in [3.05, 3.63) is 24.3 Å². The maximum Gasteiger partial charge on any atom is 0.261 e. The lowest BCUT2D eigenvalue weighted by Crippen LogP contribution is -2.42. The highest BCUT2D eigenvalue weighted by molar-refractivity contribution is 7.92. The first kappa shape index (κ1) is 20.3. The molecule has 0 fully saturated rings. The zero-order valence-electron chi connectivity index (χ0n) is 15.1. The summed E-state index contributed by atoms with van der Waals surface area (Å²) < 4.78 is 30.0. The van der Waals surface area contributed by atoms with E-state index in [2.05, 4.69) is 12.2 Å². The molecule has 1 aromatic carbocycles. The van der Waals surface area contributed by atoms with E-state index >= 15 is 0 Å². The molecule has 0 radical (unpaired) electrons. The molecule has 0 spiro atoms. The van der Waals surface area contributed by atoms with Gasteiger partial charge in [0.15, 0.2) is 6.10 Å². The molecule has 7 heteroatoms. The lowest BCUT2D eigenvalue weighted by molar-refractivity contribution is -0.128. The summed E-state index contributed by atoms with van der Waals surface area (Å²) in [6, 6.07) is 6.76. The monoisotopic (exact) mass is 356 g/mol. The highest BCUT2D eigenvalue weighted by atomic mass is 32.2. The van der Waals surface area contributed by atoms with Gasteiger partial charge in [0, 0.05) is 13.1 Å². The molecule has 1 amide bonds. The number of nitrogens with zero attached hydrogens (tertiary/aromatic N) is 1. The van der Waals surface area contributed by atoms with Crippen LogP contribution in [0.5, 0.6) is 5.75 Å². The van der Waals surface area contributed by atoms with Crippen LogP contribution < -0.4 is 14.4 Å². The number of sulfonamides is 1. The maximum absolute atomic E-state index is 12.2. The Hall–Kier alpha value is -1.76. The van der Waals surface area contributed by atoms with Crippen LogP contribution in [-0.2, 0) is 14.8 Å². The number of carbonyl (C=O) groups excluding carboxylic acids is 1. The Balaban J connectivity index is 2.74. The van der Waals surface area contributed by atoms with Gasteiger partial charge in [0.1, 0.15) is 5.75 Å². The van der Waals surface area contributed by atoms with Gasteiger partial charge in [-0.25, -0.2) is 8.42 Å². The van der Waals surface area contributed by atoms with Crippen LogP contribution in [0.15, 0.2) is 24.3 Å². The lowest BCUT2D eigenvalue weighted by atomic mass is 10.1. The topological polar surface area (TPSA) is 75.7 Å². The Morgan fingerprint density at radius 1 is 1.25 bits per heavy atom. The first-order valence-corrected chi connectivity index (χ1v) is 10.0. The number of benzene rings is 1. The molecule has 0 aliphatic carbocycles. The number of hydrogen-bond acceptors (Lipinski definition) is 4. The summed E-state index contributed by atoms with van der Waals surface area (Å²) in [5.74, 6) is 0.404. The van der Waals surface area contributed by atoms with Crippen molar-refractivity contribution in [3.63, 3.8) is 0 Å². The normalized spacial score (nSPS) is 13.9. The zero-order valence-corrected chi connectivity index (χ0v) is 15.9. The van der Waals surface area contributed by atoms with E-state index in [0.717, 1.165) is 19.1 Å². The Kier molecular flexibility index (Phi) is 7.54. The van der Waals surface area contributed by atoms with Gasteiger partial charge in [0.2, 0.25) is 10.0 Å². The van der Waals surface area contributed by atoms with Crippen molar-refractivity contribution in [2.45, 2.75) is 52.2 Å². The van der Waals surface area contributed by atoms with Crippen molar-refractivity contribution in [1.29, 1.82) is 0 Å². The van der Waals surface area contributed by atoms with Crippen molar-refractivity contribution in [2.24, 2.45) is 0 Å². The quantitative estimate of drug-likeness (QED) is 0.738. The van der Waals surface area contributed by atoms with Crippen LogP contribution in [0.1, 0.15) is 40.0 Å². The Morgan fingerprint density at radius 2 is 1.83 bits per heavy atom. The van der Waals surface area contributed by atoms with E-state index in [1.807, 2.05) is 13.8 Å². The van der Waals surface area contributed by atoms with Crippen molar-refractivity contribution in [1.82, 2.24) is 5.32 Å². The van der Waals surface area contributed by atoms with Gasteiger partial charge in [-0.15, -0.1) is 0 Å². The largest absolute Gasteiger partial charge is 0.481 e. The fourth-order valence-corrected chi connectivity index (χ4v) is 2.76. The number of nitrogens with one attached hydrogen (secondary N) is 1. The molecular formula is C17H28N2O4S. The molecule has 0 saturated carbocycles. The summed E-state index contributed by atoms with van der Waals surface area (Å²) in [6.07, 6.45) is 3.06. The van der Waals surface area contributed by atoms with E-state index in [1.165, 1.54) is 11.4 Å². The van der Waals surface area contributed by atoms with E-state index < -0.39 is 16.1 Å². The van der Waals surface area contributed by atoms with Gasteiger partial charge in [-0.2, -0.15) is 0 Å². The third-order valence-electron chi connectivity index (χ3n) is 3.75. The highest BCUT2D eigenvalue weighted by Gasteiger charge is 2.20. The molecule has 1 N–H and O–H groups in total. The smallest absolute Gasteiger partial charge is 0.261 e. The standard InChI is InChI=1S/C17H28N2O4S/c1-6-8-13(3)18-17(20)16(7-2)23-15-11-9-14(10-12-15)19(4)24(5,21)22/h9-13,16H,6-8H2,1-5H3,(H,18,20)/t13-,16-/m1/s1. The van der Waals surface area contributed by atoms with Gasteiger partial charge in [-0.1, -0.05) is 20.3 Å². The van der Waals surface area contributed by atoms with Gasteiger partial charge in [0.05, 0.1) is 11.9 Å². The van der Waals surface area contributed by atoms with Gasteiger partial charge >= 0.3 is 0 Å². The van der Waals surface area contributed by atoms with E-state index in [4.69, 9.17) is 4.74 Å². The van der Waals surface area contributed by atoms with Gasteiger partial charge < -0.3 is 10.1 Å². The first-order valence-electron chi connectivity index (χ1n) is 8.20. The van der Waals surface area contributed by atoms with Crippen molar-refractivity contribution in [2.75, 3.05) is 17.6 Å². The Bertz CT molecular complexity index is 628. The summed E-state index contributed by atoms with van der Waals surface area (Å²) in [6.45, 7) is 5.94. The fourth-order valence-electron chi connectivity index (χ4n) is 2.25. The first-order chi connectivity index (χ1) is 11.2. The van der Waals surface area contributed by atoms with E-state index in [0.29, 0.717) is 17.9 Å². The van der Waals surface area contributed by atoms with Crippen LogP contribution in [0.25, 0.3) is 0 Å². The minimum absolute atomic E-state index is 0.117. The zero-order chi connectivity index (χ0) is 18.3. The molecule has 0 aromatic heterocycles. The fraction of sp³-hybridized carbons (Fsp3) is 0.588. The van der Waals surface area contributed by atoms with Crippen LogP contribution in [0, 0.1) is 0 Å². The molecule has 0 unspecified atom stereocenters. The summed E-state index contributed by atoms with van der Waals surface area (Å²) in [7, 11) is -1.81. The second-order valence-corrected chi connectivity index (χ2v) is 7.95. The van der Waals surface area contributed by atoms with Crippen LogP contribution in [0.4, 0.5) is 5.69 Å². The number of anilines is 1. The van der Waals surface area contributed by atoms with Crippen LogP contribution in [-0.4, -0.2) is 39.8 Å². The molecule has 136 valence electrons. The minimum Gasteiger partial charge on any atom is -0.481 e. The van der Waals surface area contributed by atoms with Gasteiger partial charge in [0.25, 0.3) is 5.91 Å². The third kappa shape index (κ3) is 6.03. The number of carbonyl (C=O) groups is 1. The molecule has 1 rings (SSSR count). The molecule has 6 nitrogen and oxygen atoms in total. The molecule has 0 heterocycles. The summed E-state index contributed by atoms with van der Waals surface area (Å²) in [5, 5.41) is 2.95. The van der Waals surface area contributed by atoms with Crippen molar-refractivity contribution < 1.29 is 17.9 Å². The average Bonchev–Trinajstić information content (AvgIpc) is 2.51. The maximum atomic E-state index is 12.2. The number of hydrogen-bond donors (Lipinski definition) is 1. The predicted molar refractivity (Wildman–Crippen MR) is 96.9 cm³/mol. The summed E-state index contributed by atoms with van der Waals surface area (Å²) >= 11 is 0.